The van der Waals surface area contributed by atoms with Crippen LogP contribution in [0.3, 0.4) is 0 Å². The highest BCUT2D eigenvalue weighted by molar-refractivity contribution is 7.80. The Balaban J connectivity index is 1.41. The van der Waals surface area contributed by atoms with E-state index in [1.807, 2.05) is 60.8 Å². The van der Waals surface area contributed by atoms with Crippen LogP contribution in [-0.4, -0.2) is 14.7 Å². The van der Waals surface area contributed by atoms with E-state index in [4.69, 9.17) is 21.9 Å². The van der Waals surface area contributed by atoms with E-state index in [-0.39, 0.29) is 12.1 Å². The van der Waals surface area contributed by atoms with Crippen LogP contribution in [0.15, 0.2) is 109 Å². The molecule has 2 aromatic heterocycles. The smallest absolute Gasteiger partial charge is 0.174 e. The van der Waals surface area contributed by atoms with Crippen LogP contribution in [0.4, 0.5) is 5.69 Å². The Morgan fingerprint density at radius 1 is 0.825 bits per heavy atom. The fourth-order valence-electron chi connectivity index (χ4n) is 5.61. The highest BCUT2D eigenvalue weighted by Crippen LogP contribution is 2.44. The molecule has 40 heavy (non-hydrogen) atoms. The van der Waals surface area contributed by atoms with Gasteiger partial charge in [0.15, 0.2) is 5.11 Å². The molecule has 0 amide bonds. The van der Waals surface area contributed by atoms with E-state index < -0.39 is 0 Å². The van der Waals surface area contributed by atoms with E-state index in [1.165, 1.54) is 22.5 Å². The molecule has 5 aromatic rings. The number of nitrogens with one attached hydrogen (secondary N) is 1. The zero-order chi connectivity index (χ0) is 27.6. The summed E-state index contributed by atoms with van der Waals surface area (Å²) in [6.45, 7) is 6.55. The van der Waals surface area contributed by atoms with Gasteiger partial charge in [0, 0.05) is 29.0 Å². The summed E-state index contributed by atoms with van der Waals surface area (Å²) in [6, 6.07) is 34.9. The summed E-state index contributed by atoms with van der Waals surface area (Å²) >= 11 is 5.97. The van der Waals surface area contributed by atoms with E-state index in [1.54, 1.807) is 0 Å². The lowest BCUT2D eigenvalue weighted by atomic mass is 9.96. The second kappa shape index (κ2) is 11.0. The Morgan fingerprint density at radius 3 is 2.17 bits per heavy atom. The van der Waals surface area contributed by atoms with Crippen LogP contribution in [0.1, 0.15) is 47.2 Å². The molecule has 0 radical (unpaired) electrons. The van der Waals surface area contributed by atoms with Crippen LogP contribution in [0.25, 0.3) is 5.69 Å². The molecule has 3 heterocycles. The molecule has 6 heteroatoms. The van der Waals surface area contributed by atoms with Crippen molar-refractivity contribution in [2.75, 3.05) is 4.90 Å². The Kier molecular flexibility index (Phi) is 7.10. The molecule has 1 aliphatic rings. The van der Waals surface area contributed by atoms with Gasteiger partial charge in [-0.15, -0.1) is 0 Å². The molecule has 1 N–H and O–H groups in total. The highest BCUT2D eigenvalue weighted by Gasteiger charge is 2.42. The quantitative estimate of drug-likeness (QED) is 0.210. The summed E-state index contributed by atoms with van der Waals surface area (Å²) in [4.78, 5) is 6.94. The molecule has 5 nitrogen and oxygen atoms in total. The number of nitrogens with zero attached hydrogens (tertiary/aromatic N) is 3. The molecule has 1 saturated heterocycles. The summed E-state index contributed by atoms with van der Waals surface area (Å²) in [5.74, 6) is 1.58. The minimum absolute atomic E-state index is 0.0850. The predicted octanol–water partition coefficient (Wildman–Crippen LogP) is 8.02. The first-order valence-electron chi connectivity index (χ1n) is 13.6. The Morgan fingerprint density at radius 2 is 1.50 bits per heavy atom. The molecular formula is C34H32N4OS. The van der Waals surface area contributed by atoms with Crippen molar-refractivity contribution in [3.8, 4) is 17.2 Å². The van der Waals surface area contributed by atoms with E-state index in [9.17, 15) is 0 Å². The van der Waals surface area contributed by atoms with Crippen LogP contribution in [0, 0.1) is 13.8 Å². The molecule has 0 bridgehead atoms. The first-order valence-corrected chi connectivity index (χ1v) is 14.1. The second-order valence-electron chi connectivity index (χ2n) is 10.1. The van der Waals surface area contributed by atoms with E-state index in [2.05, 4.69) is 84.1 Å². The van der Waals surface area contributed by atoms with Gasteiger partial charge < -0.3 is 19.5 Å². The van der Waals surface area contributed by atoms with Gasteiger partial charge in [-0.3, -0.25) is 4.98 Å². The van der Waals surface area contributed by atoms with Gasteiger partial charge in [-0.1, -0.05) is 43.3 Å². The van der Waals surface area contributed by atoms with E-state index >= 15 is 0 Å². The number of anilines is 1. The maximum absolute atomic E-state index is 6.05. The Labute approximate surface area is 241 Å². The van der Waals surface area contributed by atoms with Gasteiger partial charge in [-0.25, -0.2) is 0 Å². The summed E-state index contributed by atoms with van der Waals surface area (Å²) in [5.41, 5.74) is 8.03. The first kappa shape index (κ1) is 25.8. The molecule has 0 unspecified atom stereocenters. The maximum atomic E-state index is 6.05. The van der Waals surface area contributed by atoms with Crippen molar-refractivity contribution >= 4 is 23.0 Å². The standard InChI is InChI=1S/C34H32N4OS/c1-4-25-13-15-26(16-14-25)37-23(2)22-30(24(37)3)33-32(31-12-8-9-21-35-31)36-34(40)38(33)27-17-19-29(20-18-27)39-28-10-6-5-7-11-28/h5-22,32-33H,4H2,1-3H3,(H,36,40)/t32-,33-/m0/s1. The number of hydrogen-bond donors (Lipinski definition) is 1. The lowest BCUT2D eigenvalue weighted by Crippen LogP contribution is -2.29. The maximum Gasteiger partial charge on any atom is 0.174 e. The number of hydrogen-bond acceptors (Lipinski definition) is 3. The van der Waals surface area contributed by atoms with Crippen LogP contribution >= 0.6 is 12.2 Å². The van der Waals surface area contributed by atoms with Crippen molar-refractivity contribution in [2.24, 2.45) is 0 Å². The summed E-state index contributed by atoms with van der Waals surface area (Å²) in [5, 5.41) is 4.26. The number of rotatable bonds is 7. The van der Waals surface area contributed by atoms with Gasteiger partial charge in [-0.2, -0.15) is 0 Å². The molecular weight excluding hydrogens is 512 g/mol. The molecule has 2 atom stereocenters. The van der Waals surface area contributed by atoms with Crippen molar-refractivity contribution in [2.45, 2.75) is 39.3 Å². The SMILES string of the molecule is CCc1ccc(-n2c(C)cc([C@H]3[C@H](c4ccccn4)NC(=S)N3c3ccc(Oc4ccccc4)cc3)c2C)cc1. The summed E-state index contributed by atoms with van der Waals surface area (Å²) in [6.07, 6.45) is 2.87. The average Bonchev–Trinajstić information content (AvgIpc) is 3.49. The zero-order valence-corrected chi connectivity index (χ0v) is 23.7. The fraction of sp³-hybridized carbons (Fsp3) is 0.176. The van der Waals surface area contributed by atoms with Crippen LogP contribution in [0.5, 0.6) is 11.5 Å². The zero-order valence-electron chi connectivity index (χ0n) is 22.9. The van der Waals surface area contributed by atoms with Crippen molar-refractivity contribution in [1.82, 2.24) is 14.9 Å². The van der Waals surface area contributed by atoms with Crippen molar-refractivity contribution < 1.29 is 4.74 Å². The lowest BCUT2D eigenvalue weighted by Gasteiger charge is -2.28. The third-order valence-electron chi connectivity index (χ3n) is 7.58. The molecule has 6 rings (SSSR count). The summed E-state index contributed by atoms with van der Waals surface area (Å²) in [7, 11) is 0. The van der Waals surface area contributed by atoms with Crippen LogP contribution < -0.4 is 15.0 Å². The van der Waals surface area contributed by atoms with Gasteiger partial charge in [0.05, 0.1) is 17.8 Å². The molecule has 0 saturated carbocycles. The molecule has 1 aliphatic heterocycles. The average molecular weight is 545 g/mol. The summed E-state index contributed by atoms with van der Waals surface area (Å²) < 4.78 is 8.38. The molecule has 1 fully saturated rings. The largest absolute Gasteiger partial charge is 0.457 e. The van der Waals surface area contributed by atoms with Gasteiger partial charge in [0.25, 0.3) is 0 Å². The fourth-order valence-corrected chi connectivity index (χ4v) is 5.96. The van der Waals surface area contributed by atoms with Crippen LogP contribution in [-0.2, 0) is 6.42 Å². The first-order chi connectivity index (χ1) is 19.5. The lowest BCUT2D eigenvalue weighted by molar-refractivity contribution is 0.482. The molecule has 0 spiro atoms. The number of pyridine rings is 1. The monoisotopic (exact) mass is 544 g/mol. The number of aryl methyl sites for hydroxylation is 2. The minimum Gasteiger partial charge on any atom is -0.457 e. The third-order valence-corrected chi connectivity index (χ3v) is 7.90. The van der Waals surface area contributed by atoms with Gasteiger partial charge in [0.1, 0.15) is 11.5 Å². The van der Waals surface area contributed by atoms with Crippen molar-refractivity contribution in [3.63, 3.8) is 0 Å². The van der Waals surface area contributed by atoms with E-state index in [0.717, 1.165) is 35.0 Å². The molecule has 3 aromatic carbocycles. The predicted molar refractivity (Wildman–Crippen MR) is 166 cm³/mol. The Hall–Kier alpha value is -4.42. The third kappa shape index (κ3) is 4.87. The number of para-hydroxylation sites is 1. The second-order valence-corrected chi connectivity index (χ2v) is 10.5. The number of benzene rings is 3. The molecule has 200 valence electrons. The van der Waals surface area contributed by atoms with Crippen molar-refractivity contribution in [1.29, 1.82) is 0 Å². The number of thiocarbonyl (C=S) groups is 1. The van der Waals surface area contributed by atoms with Gasteiger partial charge in [0.2, 0.25) is 0 Å². The van der Waals surface area contributed by atoms with Gasteiger partial charge in [-0.05, 0) is 110 Å². The highest BCUT2D eigenvalue weighted by atomic mass is 32.1. The van der Waals surface area contributed by atoms with Crippen LogP contribution in [0.2, 0.25) is 0 Å². The minimum atomic E-state index is -0.106. The van der Waals surface area contributed by atoms with Crippen molar-refractivity contribution in [3.05, 3.63) is 138 Å². The molecule has 0 aliphatic carbocycles. The number of ether oxygens (including phenoxy) is 1. The normalized spacial score (nSPS) is 16.7. The van der Waals surface area contributed by atoms with E-state index in [0.29, 0.717) is 5.11 Å². The number of aromatic nitrogens is 2. The Bertz CT molecular complexity index is 1610. The van der Waals surface area contributed by atoms with Gasteiger partial charge >= 0.3 is 0 Å². The topological polar surface area (TPSA) is 42.3 Å².